The minimum absolute atomic E-state index is 0.491. The normalized spacial score (nSPS) is 14.3. The summed E-state index contributed by atoms with van der Waals surface area (Å²) in [4.78, 5) is 10.3. The molecule has 10 rings (SSSR count). The maximum atomic E-state index is 16.1. The third-order valence-electron chi connectivity index (χ3n) is 11.1. The van der Waals surface area contributed by atoms with E-state index in [4.69, 9.17) is 0 Å². The molecule has 344 valence electrons. The first-order chi connectivity index (χ1) is 32.1. The molecule has 0 radical (unpaired) electrons. The SMILES string of the molecule is Fc1c(F)c(F)c(C2=C3C=CC(=N3)C(c3c(F)c(F)c(F)c(F)c3F)=c3ccc([nH]3)=C(c3c(F)c(F)c(F)c(F)c3F)C3=Cc4c(-c5c(F)c(F)c(F)c(F)c5F)c5ccc2n5c4=N3)c(F)c1F. The van der Waals surface area contributed by atoms with Crippen LogP contribution in [-0.4, -0.2) is 15.1 Å². The Kier molecular flexibility index (Phi) is 9.56. The Morgan fingerprint density at radius 1 is 0.353 bits per heavy atom. The van der Waals surface area contributed by atoms with Gasteiger partial charge in [0.25, 0.3) is 0 Å². The van der Waals surface area contributed by atoms with Crippen LogP contribution in [0.1, 0.15) is 27.9 Å². The number of nitrogens with one attached hydrogen (secondary N) is 1. The first-order valence-corrected chi connectivity index (χ1v) is 18.4. The van der Waals surface area contributed by atoms with Gasteiger partial charge in [-0.2, -0.15) is 0 Å². The Balaban J connectivity index is 1.49. The number of hydrogen-bond donors (Lipinski definition) is 1. The van der Waals surface area contributed by atoms with Crippen LogP contribution in [-0.2, 0) is 0 Å². The van der Waals surface area contributed by atoms with Gasteiger partial charge < -0.3 is 4.98 Å². The Morgan fingerprint density at radius 2 is 0.735 bits per heavy atom. The molecular weight excluding hydrogens is 964 g/mol. The Hall–Kier alpha value is -7.92. The topological polar surface area (TPSA) is 44.9 Å². The fraction of sp³-hybridized carbons (Fsp3) is 0. The molecule has 6 heterocycles. The van der Waals surface area contributed by atoms with E-state index in [2.05, 4.69) is 15.0 Å². The van der Waals surface area contributed by atoms with Gasteiger partial charge in [-0.05, 0) is 42.5 Å². The summed E-state index contributed by atoms with van der Waals surface area (Å²) in [7, 11) is 0. The molecule has 7 aromatic rings. The minimum atomic E-state index is -2.74. The number of hydrogen-bond acceptors (Lipinski definition) is 2. The number of rotatable bonds is 4. The third kappa shape index (κ3) is 5.65. The molecule has 68 heavy (non-hydrogen) atoms. The molecule has 4 aromatic carbocycles. The van der Waals surface area contributed by atoms with Gasteiger partial charge in [0.05, 0.1) is 50.6 Å². The highest BCUT2D eigenvalue weighted by Crippen LogP contribution is 2.44. The molecule has 0 saturated heterocycles. The molecule has 0 spiro atoms. The molecule has 3 aliphatic heterocycles. The largest absolute Gasteiger partial charge is 0.354 e. The van der Waals surface area contributed by atoms with E-state index in [9.17, 15) is 35.1 Å². The van der Waals surface area contributed by atoms with Crippen LogP contribution >= 0.6 is 0 Å². The average Bonchev–Trinajstić information content (AvgIpc) is 4.18. The van der Waals surface area contributed by atoms with E-state index in [0.29, 0.717) is 46.9 Å². The second-order valence-electron chi connectivity index (χ2n) is 14.6. The van der Waals surface area contributed by atoms with Crippen molar-refractivity contribution in [3.63, 3.8) is 0 Å². The van der Waals surface area contributed by atoms with Crippen molar-refractivity contribution in [3.05, 3.63) is 208 Å². The maximum Gasteiger partial charge on any atom is 0.200 e. The van der Waals surface area contributed by atoms with Crippen molar-refractivity contribution in [1.82, 2.24) is 9.38 Å². The smallest absolute Gasteiger partial charge is 0.200 e. The van der Waals surface area contributed by atoms with Crippen molar-refractivity contribution in [1.29, 1.82) is 0 Å². The summed E-state index contributed by atoms with van der Waals surface area (Å²) in [6, 6.07) is 2.65. The van der Waals surface area contributed by atoms with E-state index in [1.165, 1.54) is 0 Å². The molecule has 4 nitrogen and oxygen atoms in total. The van der Waals surface area contributed by atoms with Gasteiger partial charge >= 0.3 is 0 Å². The van der Waals surface area contributed by atoms with Crippen molar-refractivity contribution in [2.75, 3.05) is 0 Å². The number of benzene rings is 4. The quantitative estimate of drug-likeness (QED) is 0.104. The van der Waals surface area contributed by atoms with Gasteiger partial charge in [0.1, 0.15) is 5.49 Å². The highest BCUT2D eigenvalue weighted by molar-refractivity contribution is 6.30. The van der Waals surface area contributed by atoms with Crippen molar-refractivity contribution in [2.24, 2.45) is 9.98 Å². The van der Waals surface area contributed by atoms with Crippen molar-refractivity contribution in [3.8, 4) is 11.1 Å². The van der Waals surface area contributed by atoms with Crippen LogP contribution in [0.3, 0.4) is 0 Å². The predicted octanol–water partition coefficient (Wildman–Crippen LogP) is 10.3. The molecule has 6 bridgehead atoms. The predicted molar refractivity (Wildman–Crippen MR) is 194 cm³/mol. The van der Waals surface area contributed by atoms with Crippen LogP contribution in [0.5, 0.6) is 0 Å². The average molecular weight is 973 g/mol. The van der Waals surface area contributed by atoms with Crippen LogP contribution < -0.4 is 16.2 Å². The zero-order valence-corrected chi connectivity index (χ0v) is 31.9. The number of aromatic amines is 1. The summed E-state index contributed by atoms with van der Waals surface area (Å²) in [5.74, 6) is -52.8. The van der Waals surface area contributed by atoms with E-state index < -0.39 is 211 Å². The highest BCUT2D eigenvalue weighted by atomic mass is 19.2. The van der Waals surface area contributed by atoms with Crippen LogP contribution in [0.25, 0.3) is 39.4 Å². The number of fused-ring (bicyclic) bond motifs is 4. The van der Waals surface area contributed by atoms with Crippen LogP contribution in [0.4, 0.5) is 87.8 Å². The Labute approximate surface area is 360 Å². The lowest BCUT2D eigenvalue weighted by atomic mass is 9.97. The fourth-order valence-corrected chi connectivity index (χ4v) is 8.16. The van der Waals surface area contributed by atoms with E-state index in [1.54, 1.807) is 0 Å². The summed E-state index contributed by atoms with van der Waals surface area (Å²) in [6.07, 6.45) is 1.74. The lowest BCUT2D eigenvalue weighted by Crippen LogP contribution is -2.23. The standard InChI is InChI=1S/C44H8F20N4/c45-24-20(25(46)33(54)40(61)32(24)53)16-8-7-13-18(22-28(49)36(57)42(63)37(58)29(22)50)11-2-1-9(65-11)17(21-26(47)34(55)41(62)35(56)27(21)48)10-3-4-12(66-10)19(15-6-5-14(16)68(15)44(8)67-13)23-30(51)38(59)43(64)39(60)31(23)52/h1-7,65H. The number of halogens is 20. The Morgan fingerprint density at radius 3 is 1.19 bits per heavy atom. The monoisotopic (exact) mass is 972 g/mol. The van der Waals surface area contributed by atoms with E-state index >= 15 is 52.7 Å². The summed E-state index contributed by atoms with van der Waals surface area (Å²) in [5, 5.41) is -1.86. The molecule has 3 aliphatic rings. The van der Waals surface area contributed by atoms with Gasteiger partial charge in [0.15, 0.2) is 93.1 Å². The second-order valence-corrected chi connectivity index (χ2v) is 14.6. The van der Waals surface area contributed by atoms with Crippen molar-refractivity contribution >= 4 is 34.0 Å². The number of nitrogens with zero attached hydrogens (tertiary/aromatic N) is 3. The highest BCUT2D eigenvalue weighted by Gasteiger charge is 2.39. The van der Waals surface area contributed by atoms with Gasteiger partial charge in [-0.1, -0.05) is 0 Å². The fourth-order valence-electron chi connectivity index (χ4n) is 8.16. The van der Waals surface area contributed by atoms with E-state index in [-0.39, 0.29) is 0 Å². The van der Waals surface area contributed by atoms with Gasteiger partial charge in [-0.15, -0.1) is 0 Å². The zero-order chi connectivity index (χ0) is 49.0. The third-order valence-corrected chi connectivity index (χ3v) is 11.1. The van der Waals surface area contributed by atoms with Crippen molar-refractivity contribution < 1.29 is 87.8 Å². The number of allylic oxidation sites excluding steroid dienone is 3. The molecule has 0 saturated carbocycles. The molecule has 0 unspecified atom stereocenters. The molecule has 0 aliphatic carbocycles. The lowest BCUT2D eigenvalue weighted by molar-refractivity contribution is 0.376. The van der Waals surface area contributed by atoms with Crippen molar-refractivity contribution in [2.45, 2.75) is 0 Å². The van der Waals surface area contributed by atoms with E-state index in [0.717, 1.165) is 0 Å². The van der Waals surface area contributed by atoms with Gasteiger partial charge in [0, 0.05) is 38.5 Å². The number of aliphatic imine (C=N–C) groups is 1. The zero-order valence-electron chi connectivity index (χ0n) is 31.9. The van der Waals surface area contributed by atoms with Gasteiger partial charge in [-0.3, -0.25) is 4.40 Å². The molecular formula is C44H8F20N4. The molecule has 0 amide bonds. The van der Waals surface area contributed by atoms with Crippen LogP contribution in [0, 0.1) is 116 Å². The second kappa shape index (κ2) is 14.8. The summed E-state index contributed by atoms with van der Waals surface area (Å²) in [6.45, 7) is 0. The van der Waals surface area contributed by atoms with Crippen LogP contribution in [0.15, 0.2) is 57.8 Å². The minimum Gasteiger partial charge on any atom is -0.354 e. The van der Waals surface area contributed by atoms with Crippen LogP contribution in [0.2, 0.25) is 0 Å². The maximum absolute atomic E-state index is 16.1. The summed E-state index contributed by atoms with van der Waals surface area (Å²) >= 11 is 0. The molecule has 1 N–H and O–H groups in total. The summed E-state index contributed by atoms with van der Waals surface area (Å²) in [5.41, 5.74) is -19.2. The van der Waals surface area contributed by atoms with Gasteiger partial charge in [0.2, 0.25) is 23.3 Å². The van der Waals surface area contributed by atoms with Gasteiger partial charge in [-0.25, -0.2) is 97.8 Å². The number of aromatic nitrogens is 2. The molecule has 3 aromatic heterocycles. The first-order valence-electron chi connectivity index (χ1n) is 18.4. The molecule has 24 heteroatoms. The Bertz CT molecular complexity index is 3790. The number of H-pyrrole nitrogens is 1. The lowest BCUT2D eigenvalue weighted by Gasteiger charge is -2.15. The van der Waals surface area contributed by atoms with E-state index in [1.807, 2.05) is 0 Å². The summed E-state index contributed by atoms with van der Waals surface area (Å²) < 4.78 is 305. The molecule has 0 fully saturated rings. The first kappa shape index (κ1) is 43.9. The molecule has 0 atom stereocenters.